The van der Waals surface area contributed by atoms with Crippen molar-refractivity contribution in [3.63, 3.8) is 0 Å². The molecule has 4 bridgehead atoms. The van der Waals surface area contributed by atoms with E-state index >= 15 is 0 Å². The second-order valence-electron chi connectivity index (χ2n) is 10.8. The van der Waals surface area contributed by atoms with Crippen LogP contribution >= 0.6 is 15.9 Å². The predicted molar refractivity (Wildman–Crippen MR) is 131 cm³/mol. The fourth-order valence-corrected chi connectivity index (χ4v) is 7.69. The average Bonchev–Trinajstić information content (AvgIpc) is 3.35. The minimum atomic E-state index is -0.465. The summed E-state index contributed by atoms with van der Waals surface area (Å²) in [5.41, 5.74) is 0.317. The first-order valence-electron chi connectivity index (χ1n) is 12.0. The van der Waals surface area contributed by atoms with Crippen molar-refractivity contribution in [2.24, 2.45) is 17.3 Å². The van der Waals surface area contributed by atoms with Gasteiger partial charge in [0.1, 0.15) is 10.2 Å². The molecule has 4 saturated carbocycles. The Labute approximate surface area is 211 Å². The molecule has 2 aromatic rings. The number of nitrogens with zero attached hydrogens (tertiary/aromatic N) is 6. The molecule has 2 heterocycles. The smallest absolute Gasteiger partial charge is 0.358 e. The fourth-order valence-electron chi connectivity index (χ4n) is 7.28. The normalized spacial score (nSPS) is 28.8. The Morgan fingerprint density at radius 3 is 2.54 bits per heavy atom. The third kappa shape index (κ3) is 4.05. The van der Waals surface area contributed by atoms with E-state index in [1.165, 1.54) is 4.90 Å². The van der Waals surface area contributed by atoms with Crippen LogP contribution in [-0.4, -0.2) is 55.3 Å². The number of carbonyl (C=O) groups excluding carboxylic acids is 2. The van der Waals surface area contributed by atoms with E-state index in [1.54, 1.807) is 35.9 Å². The number of aromatic nitrogens is 4. The first-order chi connectivity index (χ1) is 16.5. The standard InChI is InChI=1S/C23H30BrN7O4/c1-4-29-19(21(33)28(2)3)17(11-25-29)26-18(32)10-22-6-14-5-15(7-22)9-23(8-14,13-22)30-12-16(24)20(27-30)31(34)35/h11-12,14-15H,4-10,13H2,1-3H3,(H,26,32). The van der Waals surface area contributed by atoms with Crippen molar-refractivity contribution in [3.05, 3.63) is 32.7 Å². The topological polar surface area (TPSA) is 128 Å². The number of nitrogens with one attached hydrogen (secondary N) is 1. The summed E-state index contributed by atoms with van der Waals surface area (Å²) in [6.45, 7) is 2.42. The Balaban J connectivity index is 1.39. The highest BCUT2D eigenvalue weighted by atomic mass is 79.9. The van der Waals surface area contributed by atoms with Crippen LogP contribution in [0.3, 0.4) is 0 Å². The molecule has 2 atom stereocenters. The first kappa shape index (κ1) is 24.0. The number of anilines is 1. The lowest BCUT2D eigenvalue weighted by Crippen LogP contribution is -2.57. The monoisotopic (exact) mass is 547 g/mol. The highest BCUT2D eigenvalue weighted by Crippen LogP contribution is 2.65. The van der Waals surface area contributed by atoms with Gasteiger partial charge >= 0.3 is 5.82 Å². The van der Waals surface area contributed by atoms with E-state index in [4.69, 9.17) is 0 Å². The Bertz CT molecular complexity index is 1190. The second kappa shape index (κ2) is 8.42. The van der Waals surface area contributed by atoms with Crippen LogP contribution in [0.25, 0.3) is 0 Å². The quantitative estimate of drug-likeness (QED) is 0.414. The molecule has 2 aromatic heterocycles. The number of amides is 2. The van der Waals surface area contributed by atoms with E-state index in [9.17, 15) is 19.7 Å². The number of aryl methyl sites for hydroxylation is 1. The maximum Gasteiger partial charge on any atom is 0.404 e. The molecule has 188 valence electrons. The fraction of sp³-hybridized carbons (Fsp3) is 0.652. The van der Waals surface area contributed by atoms with Crippen LogP contribution in [0, 0.1) is 27.4 Å². The zero-order valence-electron chi connectivity index (χ0n) is 20.2. The van der Waals surface area contributed by atoms with Gasteiger partial charge in [0.15, 0.2) is 0 Å². The first-order valence-corrected chi connectivity index (χ1v) is 12.8. The Morgan fingerprint density at radius 1 is 1.29 bits per heavy atom. The summed E-state index contributed by atoms with van der Waals surface area (Å²) in [4.78, 5) is 38.5. The summed E-state index contributed by atoms with van der Waals surface area (Å²) in [5.74, 6) is 0.440. The van der Waals surface area contributed by atoms with Crippen molar-refractivity contribution >= 4 is 39.2 Å². The summed E-state index contributed by atoms with van der Waals surface area (Å²) in [7, 11) is 3.35. The van der Waals surface area contributed by atoms with Crippen molar-refractivity contribution in [2.45, 2.75) is 64.0 Å². The number of nitro groups is 1. The Morgan fingerprint density at radius 2 is 1.97 bits per heavy atom. The van der Waals surface area contributed by atoms with E-state index in [0.29, 0.717) is 40.7 Å². The number of halogens is 1. The van der Waals surface area contributed by atoms with Gasteiger partial charge in [0.05, 0.1) is 28.7 Å². The molecule has 0 radical (unpaired) electrons. The van der Waals surface area contributed by atoms with Gasteiger partial charge in [0, 0.05) is 27.1 Å². The zero-order valence-corrected chi connectivity index (χ0v) is 21.7. The number of rotatable bonds is 7. The lowest BCUT2D eigenvalue weighted by Gasteiger charge is -2.61. The van der Waals surface area contributed by atoms with Crippen LogP contribution in [0.4, 0.5) is 11.5 Å². The molecular formula is C23H30BrN7O4. The molecule has 2 amide bonds. The minimum absolute atomic E-state index is 0.127. The largest absolute Gasteiger partial charge is 0.404 e. The van der Waals surface area contributed by atoms with Gasteiger partial charge in [-0.3, -0.25) is 14.3 Å². The summed E-state index contributed by atoms with van der Waals surface area (Å²) >= 11 is 3.30. The molecule has 0 saturated heterocycles. The van der Waals surface area contributed by atoms with Crippen molar-refractivity contribution in [3.8, 4) is 0 Å². The van der Waals surface area contributed by atoms with E-state index in [2.05, 4.69) is 31.4 Å². The molecule has 6 rings (SSSR count). The van der Waals surface area contributed by atoms with E-state index in [-0.39, 0.29) is 28.6 Å². The van der Waals surface area contributed by atoms with Crippen molar-refractivity contribution in [1.29, 1.82) is 0 Å². The molecule has 1 N–H and O–H groups in total. The second-order valence-corrected chi connectivity index (χ2v) is 11.7. The lowest BCUT2D eigenvalue weighted by atomic mass is 9.46. The van der Waals surface area contributed by atoms with Crippen LogP contribution in [0.15, 0.2) is 16.9 Å². The van der Waals surface area contributed by atoms with Crippen molar-refractivity contribution < 1.29 is 14.5 Å². The minimum Gasteiger partial charge on any atom is -0.358 e. The van der Waals surface area contributed by atoms with Gasteiger partial charge in [-0.2, -0.15) is 9.78 Å². The molecular weight excluding hydrogens is 518 g/mol. The molecule has 0 aromatic carbocycles. The lowest BCUT2D eigenvalue weighted by molar-refractivity contribution is -0.390. The molecule has 11 nitrogen and oxygen atoms in total. The third-order valence-electron chi connectivity index (χ3n) is 8.02. The number of hydrogen-bond acceptors (Lipinski definition) is 6. The van der Waals surface area contributed by atoms with E-state index < -0.39 is 4.92 Å². The molecule has 4 fully saturated rings. The summed E-state index contributed by atoms with van der Waals surface area (Å²) in [6, 6.07) is 0. The van der Waals surface area contributed by atoms with Gasteiger partial charge in [-0.1, -0.05) is 0 Å². The predicted octanol–water partition coefficient (Wildman–Crippen LogP) is 3.80. The van der Waals surface area contributed by atoms with Crippen LogP contribution in [0.5, 0.6) is 0 Å². The van der Waals surface area contributed by atoms with E-state index in [1.807, 2.05) is 6.92 Å². The van der Waals surface area contributed by atoms with Crippen molar-refractivity contribution in [1.82, 2.24) is 24.5 Å². The highest BCUT2D eigenvalue weighted by Gasteiger charge is 2.60. The van der Waals surface area contributed by atoms with E-state index in [0.717, 1.165) is 38.5 Å². The van der Waals surface area contributed by atoms with Gasteiger partial charge in [0.2, 0.25) is 5.91 Å². The Hall–Kier alpha value is -2.76. The van der Waals surface area contributed by atoms with Gasteiger partial charge in [-0.15, -0.1) is 0 Å². The molecule has 4 aliphatic rings. The molecule has 2 unspecified atom stereocenters. The molecule has 35 heavy (non-hydrogen) atoms. The summed E-state index contributed by atoms with van der Waals surface area (Å²) < 4.78 is 3.79. The zero-order chi connectivity index (χ0) is 25.1. The molecule has 4 aliphatic carbocycles. The van der Waals surface area contributed by atoms with Crippen LogP contribution in [-0.2, 0) is 16.9 Å². The Kier molecular flexibility index (Phi) is 5.77. The number of carbonyl (C=O) groups is 2. The maximum atomic E-state index is 13.3. The summed E-state index contributed by atoms with van der Waals surface area (Å²) in [6.07, 6.45) is 9.34. The summed E-state index contributed by atoms with van der Waals surface area (Å²) in [5, 5.41) is 23.0. The van der Waals surface area contributed by atoms with Crippen molar-refractivity contribution in [2.75, 3.05) is 19.4 Å². The molecule has 0 aliphatic heterocycles. The average molecular weight is 548 g/mol. The van der Waals surface area contributed by atoms with Crippen LogP contribution in [0.1, 0.15) is 62.4 Å². The highest BCUT2D eigenvalue weighted by molar-refractivity contribution is 9.10. The van der Waals surface area contributed by atoms with Gasteiger partial charge in [-0.05, 0) is 83.6 Å². The van der Waals surface area contributed by atoms with Crippen LogP contribution < -0.4 is 5.32 Å². The van der Waals surface area contributed by atoms with Gasteiger partial charge in [0.25, 0.3) is 5.91 Å². The van der Waals surface area contributed by atoms with Gasteiger partial charge < -0.3 is 20.3 Å². The SMILES string of the molecule is CCn1ncc(NC(=O)CC23CC4CC(C2)CC(n2cc(Br)c([N+](=O)[O-])n2)(C4)C3)c1C(=O)N(C)C. The van der Waals surface area contributed by atoms with Crippen LogP contribution in [0.2, 0.25) is 0 Å². The maximum absolute atomic E-state index is 13.3. The molecule has 12 heteroatoms. The molecule has 0 spiro atoms. The third-order valence-corrected chi connectivity index (χ3v) is 8.58. The van der Waals surface area contributed by atoms with Gasteiger partial charge in [-0.25, -0.2) is 0 Å². The number of hydrogen-bond donors (Lipinski definition) is 1.